The topological polar surface area (TPSA) is 50.8 Å². The van der Waals surface area contributed by atoms with Crippen LogP contribution in [-0.2, 0) is 4.74 Å². The van der Waals surface area contributed by atoms with Gasteiger partial charge in [0.05, 0.1) is 19.8 Å². The molecule has 2 aliphatic rings. The molecule has 0 bridgehead atoms. The lowest BCUT2D eigenvalue weighted by Gasteiger charge is -2.33. The molecule has 5 nitrogen and oxygen atoms in total. The van der Waals surface area contributed by atoms with Crippen LogP contribution in [0.4, 0.5) is 4.79 Å². The number of piperidine rings is 1. The molecule has 1 N–H and O–H groups in total. The molecule has 0 spiro atoms. The van der Waals surface area contributed by atoms with E-state index in [0.29, 0.717) is 12.5 Å². The number of hydrogen-bond donors (Lipinski definition) is 1. The number of para-hydroxylation sites is 1. The molecule has 0 radical (unpaired) electrons. The van der Waals surface area contributed by atoms with Crippen LogP contribution in [-0.4, -0.2) is 50.4 Å². The number of hydrogen-bond acceptors (Lipinski definition) is 3. The molecule has 1 atom stereocenters. The standard InChI is InChI=1S/C17H24N2O3/c1-21-16-5-3-2-4-15(16)13-6-9-19(10-7-13)17(20)18-14-8-11-22-12-14/h2-5,13-14H,6-12H2,1H3,(H,18,20)/t14-/m1/s1. The summed E-state index contributed by atoms with van der Waals surface area (Å²) in [5, 5.41) is 3.06. The molecule has 1 aromatic carbocycles. The summed E-state index contributed by atoms with van der Waals surface area (Å²) in [7, 11) is 1.71. The van der Waals surface area contributed by atoms with E-state index in [-0.39, 0.29) is 12.1 Å². The van der Waals surface area contributed by atoms with Crippen molar-refractivity contribution in [2.75, 3.05) is 33.4 Å². The number of amides is 2. The minimum atomic E-state index is 0.0500. The van der Waals surface area contributed by atoms with E-state index < -0.39 is 0 Å². The summed E-state index contributed by atoms with van der Waals surface area (Å²) in [6.45, 7) is 2.98. The highest BCUT2D eigenvalue weighted by Crippen LogP contribution is 2.33. The third-order valence-corrected chi connectivity index (χ3v) is 4.62. The Bertz CT molecular complexity index is 506. The van der Waals surface area contributed by atoms with Crippen LogP contribution in [0.15, 0.2) is 24.3 Å². The van der Waals surface area contributed by atoms with Gasteiger partial charge in [-0.3, -0.25) is 0 Å². The molecule has 2 amide bonds. The van der Waals surface area contributed by atoms with Crippen molar-refractivity contribution in [2.45, 2.75) is 31.2 Å². The van der Waals surface area contributed by atoms with E-state index >= 15 is 0 Å². The van der Waals surface area contributed by atoms with Gasteiger partial charge in [-0.15, -0.1) is 0 Å². The molecule has 0 unspecified atom stereocenters. The molecule has 0 saturated carbocycles. The maximum absolute atomic E-state index is 12.3. The van der Waals surface area contributed by atoms with Crippen molar-refractivity contribution in [1.82, 2.24) is 10.2 Å². The molecule has 2 aliphatic heterocycles. The summed E-state index contributed by atoms with van der Waals surface area (Å²) in [4.78, 5) is 14.2. The van der Waals surface area contributed by atoms with E-state index in [1.165, 1.54) is 5.56 Å². The fourth-order valence-corrected chi connectivity index (χ4v) is 3.31. The number of benzene rings is 1. The van der Waals surface area contributed by atoms with Gasteiger partial charge >= 0.3 is 6.03 Å². The maximum Gasteiger partial charge on any atom is 0.317 e. The van der Waals surface area contributed by atoms with Crippen molar-refractivity contribution in [1.29, 1.82) is 0 Å². The number of nitrogens with zero attached hydrogens (tertiary/aromatic N) is 1. The Morgan fingerprint density at radius 2 is 2.05 bits per heavy atom. The predicted octanol–water partition coefficient (Wildman–Crippen LogP) is 2.37. The second kappa shape index (κ2) is 7.01. The van der Waals surface area contributed by atoms with Crippen molar-refractivity contribution in [2.24, 2.45) is 0 Å². The number of carbonyl (C=O) groups excluding carboxylic acids is 1. The second-order valence-electron chi connectivity index (χ2n) is 6.01. The Morgan fingerprint density at radius 3 is 2.73 bits per heavy atom. The minimum Gasteiger partial charge on any atom is -0.496 e. The summed E-state index contributed by atoms with van der Waals surface area (Å²) < 4.78 is 10.8. The molecule has 2 heterocycles. The second-order valence-corrected chi connectivity index (χ2v) is 6.01. The van der Waals surface area contributed by atoms with Gasteiger partial charge in [-0.2, -0.15) is 0 Å². The maximum atomic E-state index is 12.3. The molecular formula is C17H24N2O3. The summed E-state index contributed by atoms with van der Waals surface area (Å²) in [5.74, 6) is 1.42. The Balaban J connectivity index is 1.54. The van der Waals surface area contributed by atoms with Gasteiger partial charge in [0, 0.05) is 19.7 Å². The average molecular weight is 304 g/mol. The number of likely N-dealkylation sites (tertiary alicyclic amines) is 1. The summed E-state index contributed by atoms with van der Waals surface area (Å²) in [6, 6.07) is 8.42. The SMILES string of the molecule is COc1ccccc1C1CCN(C(=O)N[C@@H]2CCOC2)CC1. The first-order chi connectivity index (χ1) is 10.8. The zero-order valence-corrected chi connectivity index (χ0v) is 13.1. The van der Waals surface area contributed by atoms with Gasteiger partial charge in [-0.05, 0) is 36.8 Å². The predicted molar refractivity (Wildman–Crippen MR) is 84.3 cm³/mol. The number of ether oxygens (including phenoxy) is 2. The molecular weight excluding hydrogens is 280 g/mol. The van der Waals surface area contributed by atoms with Crippen LogP contribution in [0.2, 0.25) is 0 Å². The van der Waals surface area contributed by atoms with E-state index in [1.54, 1.807) is 7.11 Å². The summed E-state index contributed by atoms with van der Waals surface area (Å²) in [6.07, 6.45) is 2.88. The smallest absolute Gasteiger partial charge is 0.317 e. The monoisotopic (exact) mass is 304 g/mol. The Morgan fingerprint density at radius 1 is 1.27 bits per heavy atom. The molecule has 2 fully saturated rings. The van der Waals surface area contributed by atoms with Crippen molar-refractivity contribution in [3.63, 3.8) is 0 Å². The number of urea groups is 1. The summed E-state index contributed by atoms with van der Waals surface area (Å²) in [5.41, 5.74) is 1.26. The number of rotatable bonds is 3. The number of methoxy groups -OCH3 is 1. The Labute approximate surface area is 131 Å². The molecule has 2 saturated heterocycles. The lowest BCUT2D eigenvalue weighted by Crippen LogP contribution is -2.47. The number of carbonyl (C=O) groups is 1. The van der Waals surface area contributed by atoms with E-state index in [4.69, 9.17) is 9.47 Å². The first kappa shape index (κ1) is 15.2. The highest BCUT2D eigenvalue weighted by atomic mass is 16.5. The van der Waals surface area contributed by atoms with Crippen LogP contribution in [0.5, 0.6) is 5.75 Å². The van der Waals surface area contributed by atoms with Crippen molar-refractivity contribution >= 4 is 6.03 Å². The molecule has 0 aromatic heterocycles. The van der Waals surface area contributed by atoms with E-state index in [0.717, 1.165) is 44.7 Å². The largest absolute Gasteiger partial charge is 0.496 e. The quantitative estimate of drug-likeness (QED) is 0.933. The van der Waals surface area contributed by atoms with Crippen LogP contribution in [0.1, 0.15) is 30.7 Å². The van der Waals surface area contributed by atoms with Crippen LogP contribution >= 0.6 is 0 Å². The fourth-order valence-electron chi connectivity index (χ4n) is 3.31. The Kier molecular flexibility index (Phi) is 4.83. The van der Waals surface area contributed by atoms with Gasteiger partial charge in [0.1, 0.15) is 5.75 Å². The highest BCUT2D eigenvalue weighted by Gasteiger charge is 2.27. The van der Waals surface area contributed by atoms with Gasteiger partial charge in [0.2, 0.25) is 0 Å². The van der Waals surface area contributed by atoms with Crippen molar-refractivity contribution in [3.8, 4) is 5.75 Å². The van der Waals surface area contributed by atoms with Crippen LogP contribution in [0, 0.1) is 0 Å². The van der Waals surface area contributed by atoms with Crippen molar-refractivity contribution < 1.29 is 14.3 Å². The fraction of sp³-hybridized carbons (Fsp3) is 0.588. The van der Waals surface area contributed by atoms with Crippen LogP contribution < -0.4 is 10.1 Å². The normalized spacial score (nSPS) is 22.6. The van der Waals surface area contributed by atoms with Crippen LogP contribution in [0.3, 0.4) is 0 Å². The van der Waals surface area contributed by atoms with E-state index in [9.17, 15) is 4.79 Å². The zero-order valence-electron chi connectivity index (χ0n) is 13.1. The molecule has 1 aromatic rings. The number of nitrogens with one attached hydrogen (secondary N) is 1. The van der Waals surface area contributed by atoms with Gasteiger partial charge in [-0.25, -0.2) is 4.79 Å². The van der Waals surface area contributed by atoms with Crippen LogP contribution in [0.25, 0.3) is 0 Å². The molecule has 120 valence electrons. The van der Waals surface area contributed by atoms with Gasteiger partial charge in [0.15, 0.2) is 0 Å². The lowest BCUT2D eigenvalue weighted by molar-refractivity contribution is 0.168. The average Bonchev–Trinajstić information content (AvgIpc) is 3.08. The van der Waals surface area contributed by atoms with Crippen molar-refractivity contribution in [3.05, 3.63) is 29.8 Å². The summed E-state index contributed by atoms with van der Waals surface area (Å²) >= 11 is 0. The van der Waals surface area contributed by atoms with E-state index in [2.05, 4.69) is 17.4 Å². The Hall–Kier alpha value is -1.75. The lowest BCUT2D eigenvalue weighted by atomic mass is 9.89. The zero-order chi connectivity index (χ0) is 15.4. The van der Waals surface area contributed by atoms with E-state index in [1.807, 2.05) is 17.0 Å². The first-order valence-corrected chi connectivity index (χ1v) is 8.04. The molecule has 3 rings (SSSR count). The van der Waals surface area contributed by atoms with Gasteiger partial charge in [-0.1, -0.05) is 18.2 Å². The molecule has 0 aliphatic carbocycles. The molecule has 22 heavy (non-hydrogen) atoms. The van der Waals surface area contributed by atoms with Gasteiger partial charge < -0.3 is 19.7 Å². The highest BCUT2D eigenvalue weighted by molar-refractivity contribution is 5.74. The molecule has 5 heteroatoms. The van der Waals surface area contributed by atoms with Gasteiger partial charge in [0.25, 0.3) is 0 Å². The third kappa shape index (κ3) is 3.35. The first-order valence-electron chi connectivity index (χ1n) is 8.04. The third-order valence-electron chi connectivity index (χ3n) is 4.62. The minimum absolute atomic E-state index is 0.0500.